The van der Waals surface area contributed by atoms with E-state index in [0.717, 1.165) is 42.6 Å². The highest BCUT2D eigenvalue weighted by molar-refractivity contribution is 5.41. The molecule has 0 aliphatic heterocycles. The van der Waals surface area contributed by atoms with Crippen molar-refractivity contribution in [2.24, 2.45) is 0 Å². The number of aromatic nitrogens is 2. The second-order valence-electron chi connectivity index (χ2n) is 4.98. The molecule has 21 heavy (non-hydrogen) atoms. The van der Waals surface area contributed by atoms with Crippen molar-refractivity contribution < 1.29 is 4.74 Å². The number of methoxy groups -OCH3 is 1. The molecular formula is C17H23N3O. The first kappa shape index (κ1) is 15.3. The Morgan fingerprint density at radius 1 is 1.10 bits per heavy atom. The van der Waals surface area contributed by atoms with Crippen molar-refractivity contribution in [1.82, 2.24) is 9.97 Å². The molecule has 2 aromatic rings. The van der Waals surface area contributed by atoms with Crippen LogP contribution < -0.4 is 9.64 Å². The fraction of sp³-hybridized carbons (Fsp3) is 0.412. The summed E-state index contributed by atoms with van der Waals surface area (Å²) < 4.78 is 5.20. The summed E-state index contributed by atoms with van der Waals surface area (Å²) in [6.07, 6.45) is 0.927. The van der Waals surface area contributed by atoms with Crippen LogP contribution >= 0.6 is 0 Å². The zero-order valence-corrected chi connectivity index (χ0v) is 13.3. The van der Waals surface area contributed by atoms with Gasteiger partial charge in [0.15, 0.2) is 0 Å². The van der Waals surface area contributed by atoms with Crippen LogP contribution in [0, 0.1) is 6.92 Å². The van der Waals surface area contributed by atoms with Crippen LogP contribution in [0.15, 0.2) is 30.3 Å². The van der Waals surface area contributed by atoms with Crippen LogP contribution in [-0.4, -0.2) is 23.6 Å². The van der Waals surface area contributed by atoms with Crippen molar-refractivity contribution >= 4 is 5.82 Å². The second-order valence-corrected chi connectivity index (χ2v) is 4.98. The van der Waals surface area contributed by atoms with E-state index in [-0.39, 0.29) is 0 Å². The molecule has 1 heterocycles. The van der Waals surface area contributed by atoms with Crippen LogP contribution in [0.1, 0.15) is 30.9 Å². The van der Waals surface area contributed by atoms with E-state index < -0.39 is 0 Å². The Morgan fingerprint density at radius 3 is 2.38 bits per heavy atom. The van der Waals surface area contributed by atoms with Crippen LogP contribution in [0.25, 0.3) is 0 Å². The summed E-state index contributed by atoms with van der Waals surface area (Å²) in [4.78, 5) is 11.3. The average molecular weight is 285 g/mol. The molecule has 2 rings (SSSR count). The standard InChI is InChI=1S/C17H23N3O/c1-5-15-11-17(19-13(3)18-15)20(6-2)12-14-7-9-16(21-4)10-8-14/h7-11H,5-6,12H2,1-4H3. The number of benzene rings is 1. The maximum atomic E-state index is 5.20. The summed E-state index contributed by atoms with van der Waals surface area (Å²) in [7, 11) is 1.68. The molecular weight excluding hydrogens is 262 g/mol. The zero-order valence-electron chi connectivity index (χ0n) is 13.3. The lowest BCUT2D eigenvalue weighted by molar-refractivity contribution is 0.414. The SMILES string of the molecule is CCc1cc(N(CC)Cc2ccc(OC)cc2)nc(C)n1. The quantitative estimate of drug-likeness (QED) is 0.815. The average Bonchev–Trinajstić information content (AvgIpc) is 2.52. The van der Waals surface area contributed by atoms with Gasteiger partial charge in [-0.3, -0.25) is 0 Å². The third-order valence-electron chi connectivity index (χ3n) is 3.48. The Hall–Kier alpha value is -2.10. The molecule has 0 saturated carbocycles. The molecule has 1 aromatic heterocycles. The number of rotatable bonds is 6. The number of hydrogen-bond donors (Lipinski definition) is 0. The maximum absolute atomic E-state index is 5.20. The van der Waals surface area contributed by atoms with Crippen LogP contribution in [0.4, 0.5) is 5.82 Å². The van der Waals surface area contributed by atoms with Gasteiger partial charge in [0.1, 0.15) is 17.4 Å². The fourth-order valence-corrected chi connectivity index (χ4v) is 2.26. The van der Waals surface area contributed by atoms with Gasteiger partial charge in [-0.25, -0.2) is 9.97 Å². The van der Waals surface area contributed by atoms with Crippen molar-refractivity contribution in [2.75, 3.05) is 18.6 Å². The summed E-state index contributed by atoms with van der Waals surface area (Å²) in [5.74, 6) is 2.71. The smallest absolute Gasteiger partial charge is 0.132 e. The Labute approximate surface area is 126 Å². The zero-order chi connectivity index (χ0) is 15.2. The predicted molar refractivity (Wildman–Crippen MR) is 85.9 cm³/mol. The minimum atomic E-state index is 0.831. The van der Waals surface area contributed by atoms with Crippen LogP contribution in [-0.2, 0) is 13.0 Å². The topological polar surface area (TPSA) is 38.2 Å². The minimum absolute atomic E-state index is 0.831. The second kappa shape index (κ2) is 7.07. The lowest BCUT2D eigenvalue weighted by Crippen LogP contribution is -2.23. The largest absolute Gasteiger partial charge is 0.497 e. The first-order chi connectivity index (χ1) is 10.2. The molecule has 0 spiro atoms. The lowest BCUT2D eigenvalue weighted by Gasteiger charge is -2.23. The summed E-state index contributed by atoms with van der Waals surface area (Å²) in [6, 6.07) is 10.3. The highest BCUT2D eigenvalue weighted by Gasteiger charge is 2.09. The monoisotopic (exact) mass is 285 g/mol. The first-order valence-corrected chi connectivity index (χ1v) is 7.38. The van der Waals surface area contributed by atoms with E-state index in [4.69, 9.17) is 4.74 Å². The molecule has 4 heteroatoms. The van der Waals surface area contributed by atoms with Gasteiger partial charge in [0.05, 0.1) is 7.11 Å². The van der Waals surface area contributed by atoms with Gasteiger partial charge < -0.3 is 9.64 Å². The van der Waals surface area contributed by atoms with Gasteiger partial charge in [-0.05, 0) is 38.0 Å². The Balaban J connectivity index is 2.20. The van der Waals surface area contributed by atoms with E-state index in [2.05, 4.69) is 46.9 Å². The van der Waals surface area contributed by atoms with E-state index in [0.29, 0.717) is 0 Å². The maximum Gasteiger partial charge on any atom is 0.132 e. The summed E-state index contributed by atoms with van der Waals surface area (Å²) >= 11 is 0. The molecule has 0 bridgehead atoms. The number of aryl methyl sites for hydroxylation is 2. The molecule has 0 aliphatic carbocycles. The molecule has 1 aromatic carbocycles. The van der Waals surface area contributed by atoms with E-state index in [1.807, 2.05) is 19.1 Å². The number of anilines is 1. The van der Waals surface area contributed by atoms with Gasteiger partial charge in [0.25, 0.3) is 0 Å². The van der Waals surface area contributed by atoms with Crippen LogP contribution in [0.3, 0.4) is 0 Å². The molecule has 0 radical (unpaired) electrons. The fourth-order valence-electron chi connectivity index (χ4n) is 2.26. The van der Waals surface area contributed by atoms with Crippen molar-refractivity contribution in [3.63, 3.8) is 0 Å². The van der Waals surface area contributed by atoms with Crippen molar-refractivity contribution in [2.45, 2.75) is 33.7 Å². The van der Waals surface area contributed by atoms with Gasteiger partial charge in [0, 0.05) is 24.8 Å². The van der Waals surface area contributed by atoms with E-state index in [1.165, 1.54) is 5.56 Å². The molecule has 4 nitrogen and oxygen atoms in total. The van der Waals surface area contributed by atoms with E-state index in [1.54, 1.807) is 7.11 Å². The summed E-state index contributed by atoms with van der Waals surface area (Å²) in [5.41, 5.74) is 2.33. The van der Waals surface area contributed by atoms with Gasteiger partial charge in [-0.15, -0.1) is 0 Å². The van der Waals surface area contributed by atoms with Crippen LogP contribution in [0.5, 0.6) is 5.75 Å². The van der Waals surface area contributed by atoms with Crippen molar-refractivity contribution in [3.8, 4) is 5.75 Å². The first-order valence-electron chi connectivity index (χ1n) is 7.38. The van der Waals surface area contributed by atoms with Gasteiger partial charge in [0.2, 0.25) is 0 Å². The van der Waals surface area contributed by atoms with Gasteiger partial charge in [-0.1, -0.05) is 19.1 Å². The summed E-state index contributed by atoms with van der Waals surface area (Å²) in [6.45, 7) is 7.95. The third kappa shape index (κ3) is 3.94. The molecule has 0 fully saturated rings. The Bertz CT molecular complexity index is 581. The van der Waals surface area contributed by atoms with Crippen molar-refractivity contribution in [3.05, 3.63) is 47.4 Å². The molecule has 0 aliphatic rings. The molecule has 0 N–H and O–H groups in total. The van der Waals surface area contributed by atoms with Crippen LogP contribution in [0.2, 0.25) is 0 Å². The normalized spacial score (nSPS) is 10.5. The molecule has 0 amide bonds. The number of hydrogen-bond acceptors (Lipinski definition) is 4. The predicted octanol–water partition coefficient (Wildman–Crippen LogP) is 3.38. The van der Waals surface area contributed by atoms with Gasteiger partial charge in [-0.2, -0.15) is 0 Å². The molecule has 0 unspecified atom stereocenters. The highest BCUT2D eigenvalue weighted by atomic mass is 16.5. The van der Waals surface area contributed by atoms with E-state index in [9.17, 15) is 0 Å². The van der Waals surface area contributed by atoms with Gasteiger partial charge >= 0.3 is 0 Å². The van der Waals surface area contributed by atoms with E-state index >= 15 is 0 Å². The number of ether oxygens (including phenoxy) is 1. The molecule has 0 atom stereocenters. The minimum Gasteiger partial charge on any atom is -0.497 e. The molecule has 0 saturated heterocycles. The Kier molecular flexibility index (Phi) is 5.14. The van der Waals surface area contributed by atoms with Crippen molar-refractivity contribution in [1.29, 1.82) is 0 Å². The lowest BCUT2D eigenvalue weighted by atomic mass is 10.2. The number of nitrogens with zero attached hydrogens (tertiary/aromatic N) is 3. The summed E-state index contributed by atoms with van der Waals surface area (Å²) in [5, 5.41) is 0. The molecule has 112 valence electrons. The Morgan fingerprint density at radius 2 is 1.81 bits per heavy atom. The third-order valence-corrected chi connectivity index (χ3v) is 3.48. The highest BCUT2D eigenvalue weighted by Crippen LogP contribution is 2.18.